The van der Waals surface area contributed by atoms with Gasteiger partial charge in [0.15, 0.2) is 0 Å². The summed E-state index contributed by atoms with van der Waals surface area (Å²) in [5, 5.41) is 12.5. The molecule has 0 saturated carbocycles. The lowest BCUT2D eigenvalue weighted by atomic mass is 10.00. The fourth-order valence-electron chi connectivity index (χ4n) is 16.3. The fourth-order valence-corrected chi connectivity index (χ4v) is 16.3. The quantitative estimate of drug-likeness (QED) is 0.130. The maximum atomic E-state index is 2.43. The van der Waals surface area contributed by atoms with E-state index in [0.717, 1.165) is 17.1 Å². The van der Waals surface area contributed by atoms with Gasteiger partial charge in [0.2, 0.25) is 0 Å². The van der Waals surface area contributed by atoms with Gasteiger partial charge < -0.3 is 18.3 Å². The predicted molar refractivity (Wildman–Crippen MR) is 440 cm³/mol. The largest absolute Gasteiger partial charge is 0.309 e. The molecule has 0 amide bonds. The van der Waals surface area contributed by atoms with Gasteiger partial charge in [-0.05, 0) is 187 Å². The zero-order chi connectivity index (χ0) is 68.6. The molecule has 4 aromatic heterocycles. The van der Waals surface area contributed by atoms with Gasteiger partial charge in [-0.2, -0.15) is 0 Å². The van der Waals surface area contributed by atoms with Crippen LogP contribution in [0.25, 0.3) is 188 Å². The maximum absolute atomic E-state index is 2.43. The minimum Gasteiger partial charge on any atom is -0.309 e. The number of para-hydroxylation sites is 4. The molecule has 0 bridgehead atoms. The first-order chi connectivity index (χ1) is 51.6. The highest BCUT2D eigenvalue weighted by Crippen LogP contribution is 2.43. The van der Waals surface area contributed by atoms with Gasteiger partial charge in [-0.1, -0.05) is 285 Å². The molecule has 0 saturated heterocycles. The van der Waals surface area contributed by atoms with E-state index >= 15 is 0 Å². The van der Waals surface area contributed by atoms with Gasteiger partial charge in [0.05, 0.1) is 49.8 Å². The molecular formula is C100H66N4. The summed E-state index contributed by atoms with van der Waals surface area (Å²) in [6, 6.07) is 146. The Balaban J connectivity index is 0.000000140. The molecule has 0 N–H and O–H groups in total. The van der Waals surface area contributed by atoms with Crippen molar-refractivity contribution >= 4 is 98.0 Å². The smallest absolute Gasteiger partial charge is 0.0541 e. The number of aromatic nitrogens is 4. The molecule has 21 rings (SSSR count). The molecule has 0 unspecified atom stereocenters. The molecule has 0 spiro atoms. The molecule has 104 heavy (non-hydrogen) atoms. The number of rotatable bonds is 10. The molecule has 0 aliphatic rings. The van der Waals surface area contributed by atoms with Crippen molar-refractivity contribution in [1.29, 1.82) is 0 Å². The zero-order valence-corrected chi connectivity index (χ0v) is 56.9. The lowest BCUT2D eigenvalue weighted by Crippen LogP contribution is -1.95. The third-order valence-electron chi connectivity index (χ3n) is 21.2. The van der Waals surface area contributed by atoms with Crippen LogP contribution in [0, 0.1) is 0 Å². The fraction of sp³-hybridized carbons (Fsp3) is 0. The van der Waals surface area contributed by atoms with Gasteiger partial charge in [0, 0.05) is 65.5 Å². The van der Waals surface area contributed by atoms with Crippen molar-refractivity contribution in [2.75, 3.05) is 0 Å². The van der Waals surface area contributed by atoms with Crippen LogP contribution in [-0.2, 0) is 0 Å². The van der Waals surface area contributed by atoms with Crippen molar-refractivity contribution < 1.29 is 0 Å². The van der Waals surface area contributed by atoms with Crippen LogP contribution in [-0.4, -0.2) is 18.3 Å². The third-order valence-corrected chi connectivity index (χ3v) is 21.2. The van der Waals surface area contributed by atoms with Crippen LogP contribution < -0.4 is 0 Å². The molecular weight excluding hydrogens is 1260 g/mol. The van der Waals surface area contributed by atoms with E-state index < -0.39 is 0 Å². The molecule has 0 atom stereocenters. The first-order valence-corrected chi connectivity index (χ1v) is 35.8. The zero-order valence-electron chi connectivity index (χ0n) is 56.9. The van der Waals surface area contributed by atoms with Gasteiger partial charge in [0.1, 0.15) is 0 Å². The Morgan fingerprint density at radius 3 is 0.731 bits per heavy atom. The average molecular weight is 1320 g/mol. The van der Waals surface area contributed by atoms with E-state index in [4.69, 9.17) is 0 Å². The number of nitrogens with zero attached hydrogens (tertiary/aromatic N) is 4. The molecule has 4 heterocycles. The van der Waals surface area contributed by atoms with Gasteiger partial charge in [-0.3, -0.25) is 0 Å². The van der Waals surface area contributed by atoms with Crippen molar-refractivity contribution in [3.05, 3.63) is 400 Å². The normalized spacial score (nSPS) is 11.7. The SMILES string of the molecule is c1ccc(-c2ccc(-c3cccc(-n4c5ccccc5c5cc(-c6ccc7c(c6)c6ccccc6n7-c6cccc(-c7ccccc7)c6)ccc54)c3)cc2)cc1.c1ccc(-c2cccc(-n3c4ccccc4c4cc(-c5ccc6c(c5)c5ccccc5n6-c5cccc6ccccc56)ccc43)c2)cc1. The Morgan fingerprint density at radius 1 is 0.125 bits per heavy atom. The Labute approximate surface area is 602 Å². The van der Waals surface area contributed by atoms with E-state index in [2.05, 4.69) is 419 Å². The van der Waals surface area contributed by atoms with Gasteiger partial charge in [-0.15, -0.1) is 0 Å². The summed E-state index contributed by atoms with van der Waals surface area (Å²) in [4.78, 5) is 0. The van der Waals surface area contributed by atoms with Crippen LogP contribution in [0.5, 0.6) is 0 Å². The minimum atomic E-state index is 1.15. The van der Waals surface area contributed by atoms with Gasteiger partial charge in [0.25, 0.3) is 0 Å². The molecule has 0 fully saturated rings. The maximum Gasteiger partial charge on any atom is 0.0541 e. The Bertz CT molecular complexity index is 6880. The van der Waals surface area contributed by atoms with E-state index in [-0.39, 0.29) is 0 Å². The Hall–Kier alpha value is -13.8. The van der Waals surface area contributed by atoms with E-state index in [9.17, 15) is 0 Å². The first-order valence-electron chi connectivity index (χ1n) is 35.8. The van der Waals surface area contributed by atoms with E-state index in [1.807, 2.05) is 0 Å². The van der Waals surface area contributed by atoms with Crippen LogP contribution >= 0.6 is 0 Å². The van der Waals surface area contributed by atoms with Crippen molar-refractivity contribution in [2.45, 2.75) is 0 Å². The first kappa shape index (κ1) is 60.2. The van der Waals surface area contributed by atoms with Crippen LogP contribution in [0.2, 0.25) is 0 Å². The summed E-state index contributed by atoms with van der Waals surface area (Å²) in [5.74, 6) is 0. The number of hydrogen-bond donors (Lipinski definition) is 0. The van der Waals surface area contributed by atoms with Crippen molar-refractivity contribution in [2.24, 2.45) is 0 Å². The summed E-state index contributed by atoms with van der Waals surface area (Å²) < 4.78 is 9.65. The standard InChI is InChI=1S/C54H36N2.C46H30N2/c1-3-13-37(14-4-1)39-25-27-40(28-26-39)42-18-12-20-46(34-42)56-52-24-10-8-22-48(52)50-36-44(30-32-54(50)56)43-29-31-53-49(35-43)47-21-7-9-23-51(47)55(53)45-19-11-17-41(33-45)38-15-5-2-6-16-38;1-2-12-31(13-3-1)33-16-10-17-36(28-33)47-43-21-8-6-19-38(43)40-29-34(24-26-45(40)47)35-25-27-46-41(30-35)39-20-7-9-22-44(39)48(46)42-23-11-15-32-14-4-5-18-37(32)42/h1-36H;1-30H. The third kappa shape index (κ3) is 10.3. The molecule has 486 valence electrons. The van der Waals surface area contributed by atoms with Gasteiger partial charge >= 0.3 is 0 Å². The molecule has 0 aliphatic heterocycles. The van der Waals surface area contributed by atoms with E-state index in [1.165, 1.54) is 170 Å². The van der Waals surface area contributed by atoms with Crippen LogP contribution in [0.1, 0.15) is 0 Å². The lowest BCUT2D eigenvalue weighted by Gasteiger charge is -2.12. The van der Waals surface area contributed by atoms with Crippen LogP contribution in [0.15, 0.2) is 400 Å². The summed E-state index contributed by atoms with van der Waals surface area (Å²) in [6.45, 7) is 0. The molecule has 21 aromatic rings. The van der Waals surface area contributed by atoms with Crippen LogP contribution in [0.4, 0.5) is 0 Å². The highest BCUT2D eigenvalue weighted by molar-refractivity contribution is 6.15. The molecule has 0 aliphatic carbocycles. The van der Waals surface area contributed by atoms with Crippen molar-refractivity contribution in [3.63, 3.8) is 0 Å². The molecule has 0 radical (unpaired) electrons. The Morgan fingerprint density at radius 2 is 0.356 bits per heavy atom. The van der Waals surface area contributed by atoms with Crippen LogP contribution in [0.3, 0.4) is 0 Å². The van der Waals surface area contributed by atoms with Gasteiger partial charge in [-0.25, -0.2) is 0 Å². The summed E-state index contributed by atoms with van der Waals surface area (Å²) in [6.07, 6.45) is 0. The number of benzene rings is 17. The second-order valence-corrected chi connectivity index (χ2v) is 27.2. The number of fused-ring (bicyclic) bond motifs is 13. The number of hydrogen-bond acceptors (Lipinski definition) is 0. The second-order valence-electron chi connectivity index (χ2n) is 27.2. The van der Waals surface area contributed by atoms with Crippen molar-refractivity contribution in [3.8, 4) is 89.5 Å². The molecule has 4 heteroatoms. The highest BCUT2D eigenvalue weighted by Gasteiger charge is 2.21. The topological polar surface area (TPSA) is 19.7 Å². The monoisotopic (exact) mass is 1320 g/mol. The second kappa shape index (κ2) is 25.1. The molecule has 17 aromatic carbocycles. The summed E-state index contributed by atoms with van der Waals surface area (Å²) >= 11 is 0. The lowest BCUT2D eigenvalue weighted by molar-refractivity contribution is 1.18. The Kier molecular flexibility index (Phi) is 14.5. The van der Waals surface area contributed by atoms with E-state index in [0.29, 0.717) is 0 Å². The minimum absolute atomic E-state index is 1.15. The summed E-state index contributed by atoms with van der Waals surface area (Å²) in [7, 11) is 0. The average Bonchev–Trinajstić information content (AvgIpc) is 1.57. The van der Waals surface area contributed by atoms with Crippen molar-refractivity contribution in [1.82, 2.24) is 18.3 Å². The molecule has 4 nitrogen and oxygen atoms in total. The summed E-state index contributed by atoms with van der Waals surface area (Å²) in [5.41, 5.74) is 28.9. The van der Waals surface area contributed by atoms with E-state index in [1.54, 1.807) is 0 Å². The predicted octanol–water partition coefficient (Wildman–Crippen LogP) is 26.9. The highest BCUT2D eigenvalue weighted by atomic mass is 15.0.